The summed E-state index contributed by atoms with van der Waals surface area (Å²) in [5.41, 5.74) is 1.79. The fourth-order valence-corrected chi connectivity index (χ4v) is 4.38. The van der Waals surface area contributed by atoms with Gasteiger partial charge in [-0.3, -0.25) is 4.79 Å². The van der Waals surface area contributed by atoms with Crippen molar-refractivity contribution in [3.8, 4) is 5.75 Å². The van der Waals surface area contributed by atoms with Crippen molar-refractivity contribution >= 4 is 11.8 Å². The monoisotopic (exact) mass is 441 g/mol. The number of aromatic nitrogens is 2. The van der Waals surface area contributed by atoms with Gasteiger partial charge in [0.15, 0.2) is 11.6 Å². The molecule has 0 radical (unpaired) electrons. The highest BCUT2D eigenvalue weighted by Gasteiger charge is 2.24. The summed E-state index contributed by atoms with van der Waals surface area (Å²) in [4.78, 5) is 19.2. The Bertz CT molecular complexity index is 898. The van der Waals surface area contributed by atoms with Crippen molar-refractivity contribution in [2.24, 2.45) is 11.8 Å². The summed E-state index contributed by atoms with van der Waals surface area (Å²) in [5.74, 6) is 3.20. The maximum Gasteiger partial charge on any atom is 0.324 e. The Labute approximate surface area is 190 Å². The second-order valence-corrected chi connectivity index (χ2v) is 9.52. The Morgan fingerprint density at radius 1 is 1.22 bits per heavy atom. The number of hydrogen-bond donors (Lipinski definition) is 0. The van der Waals surface area contributed by atoms with Gasteiger partial charge in [0.05, 0.1) is 19.8 Å². The van der Waals surface area contributed by atoms with Gasteiger partial charge in [0.2, 0.25) is 0 Å². The number of anilines is 1. The minimum Gasteiger partial charge on any atom is -0.494 e. The molecule has 0 aliphatic carbocycles. The van der Waals surface area contributed by atoms with Gasteiger partial charge >= 0.3 is 6.01 Å². The quantitative estimate of drug-likeness (QED) is 0.387. The highest BCUT2D eigenvalue weighted by atomic mass is 16.5. The van der Waals surface area contributed by atoms with Gasteiger partial charge in [0, 0.05) is 36.9 Å². The number of carbonyl (C=O) groups excluding carboxylic acids is 1. The minimum absolute atomic E-state index is 0.203. The molecule has 2 aliphatic heterocycles. The number of benzene rings is 1. The third-order valence-electron chi connectivity index (χ3n) is 6.54. The van der Waals surface area contributed by atoms with Crippen molar-refractivity contribution in [1.82, 2.24) is 10.1 Å². The normalized spacial score (nSPS) is 17.6. The average Bonchev–Trinajstić information content (AvgIpc) is 3.25. The molecule has 174 valence electrons. The van der Waals surface area contributed by atoms with E-state index in [1.165, 1.54) is 0 Å². The summed E-state index contributed by atoms with van der Waals surface area (Å²) < 4.78 is 16.6. The molecular weight excluding hydrogens is 406 g/mol. The lowest BCUT2D eigenvalue weighted by Crippen LogP contribution is -2.34. The first-order valence-corrected chi connectivity index (χ1v) is 11.9. The predicted octanol–water partition coefficient (Wildman–Crippen LogP) is 4.80. The zero-order valence-corrected chi connectivity index (χ0v) is 19.5. The number of piperidine rings is 1. The molecule has 2 aliphatic rings. The van der Waals surface area contributed by atoms with Gasteiger partial charge in [0.1, 0.15) is 5.75 Å². The van der Waals surface area contributed by atoms with E-state index in [-0.39, 0.29) is 11.7 Å². The van der Waals surface area contributed by atoms with Crippen LogP contribution in [-0.2, 0) is 4.74 Å². The van der Waals surface area contributed by atoms with Crippen LogP contribution in [0, 0.1) is 18.8 Å². The van der Waals surface area contributed by atoms with Crippen LogP contribution in [0.15, 0.2) is 22.7 Å². The molecule has 3 heterocycles. The van der Waals surface area contributed by atoms with Gasteiger partial charge in [-0.15, -0.1) is 0 Å². The van der Waals surface area contributed by atoms with E-state index in [9.17, 15) is 4.79 Å². The third-order valence-corrected chi connectivity index (χ3v) is 6.54. The number of Topliss-reactive ketones (excluding diaryl/α,β-unsaturated/α-hetero) is 1. The summed E-state index contributed by atoms with van der Waals surface area (Å²) in [6.45, 7) is 10.2. The molecule has 1 aromatic carbocycles. The molecule has 0 bridgehead atoms. The van der Waals surface area contributed by atoms with E-state index in [1.54, 1.807) is 0 Å². The second kappa shape index (κ2) is 10.5. The van der Waals surface area contributed by atoms with E-state index in [0.29, 0.717) is 44.1 Å². The maximum atomic E-state index is 12.4. The molecule has 0 N–H and O–H groups in total. The van der Waals surface area contributed by atoms with Crippen LogP contribution < -0.4 is 9.64 Å². The van der Waals surface area contributed by atoms with Crippen LogP contribution in [0.5, 0.6) is 5.75 Å². The van der Waals surface area contributed by atoms with Crippen LogP contribution in [0.25, 0.3) is 0 Å². The van der Waals surface area contributed by atoms with Gasteiger partial charge in [-0.2, -0.15) is 4.98 Å². The van der Waals surface area contributed by atoms with Gasteiger partial charge < -0.3 is 18.9 Å². The molecule has 0 amide bonds. The topological polar surface area (TPSA) is 77.7 Å². The lowest BCUT2D eigenvalue weighted by atomic mass is 9.92. The first kappa shape index (κ1) is 22.8. The molecule has 7 nitrogen and oxygen atoms in total. The van der Waals surface area contributed by atoms with Crippen LogP contribution in [0.2, 0.25) is 0 Å². The molecule has 2 saturated heterocycles. The van der Waals surface area contributed by atoms with E-state index in [0.717, 1.165) is 61.5 Å². The number of rotatable bonds is 10. The van der Waals surface area contributed by atoms with Gasteiger partial charge in [-0.1, -0.05) is 19.0 Å². The van der Waals surface area contributed by atoms with E-state index in [2.05, 4.69) is 28.9 Å². The molecule has 2 aromatic rings. The SMILES string of the molecule is Cc1cc(OCCCC2CCN(c3nc(C(C)C)no3)CC2)ccc1C(=O)CC1COC1. The summed E-state index contributed by atoms with van der Waals surface area (Å²) in [6.07, 6.45) is 5.05. The zero-order valence-electron chi connectivity index (χ0n) is 19.5. The predicted molar refractivity (Wildman–Crippen MR) is 122 cm³/mol. The summed E-state index contributed by atoms with van der Waals surface area (Å²) in [7, 11) is 0. The molecule has 1 aromatic heterocycles. The minimum atomic E-state index is 0.203. The average molecular weight is 442 g/mol. The molecule has 32 heavy (non-hydrogen) atoms. The van der Waals surface area contributed by atoms with Crippen LogP contribution in [0.3, 0.4) is 0 Å². The highest BCUT2D eigenvalue weighted by molar-refractivity contribution is 5.97. The summed E-state index contributed by atoms with van der Waals surface area (Å²) in [6, 6.07) is 6.48. The number of ether oxygens (including phenoxy) is 2. The fourth-order valence-electron chi connectivity index (χ4n) is 4.38. The molecular formula is C25H35N3O4. The number of ketones is 1. The Morgan fingerprint density at radius 2 is 2.00 bits per heavy atom. The van der Waals surface area contributed by atoms with E-state index >= 15 is 0 Å². The molecule has 4 rings (SSSR count). The molecule has 0 unspecified atom stereocenters. The van der Waals surface area contributed by atoms with E-state index in [4.69, 9.17) is 14.0 Å². The van der Waals surface area contributed by atoms with Crippen molar-refractivity contribution < 1.29 is 18.8 Å². The molecule has 0 saturated carbocycles. The smallest absolute Gasteiger partial charge is 0.324 e. The number of hydrogen-bond acceptors (Lipinski definition) is 7. The van der Waals surface area contributed by atoms with Crippen LogP contribution in [0.4, 0.5) is 6.01 Å². The zero-order chi connectivity index (χ0) is 22.5. The summed E-state index contributed by atoms with van der Waals surface area (Å²) in [5, 5.41) is 4.07. The van der Waals surface area contributed by atoms with Crippen molar-refractivity contribution in [3.63, 3.8) is 0 Å². The van der Waals surface area contributed by atoms with Gasteiger partial charge in [0.25, 0.3) is 0 Å². The lowest BCUT2D eigenvalue weighted by Gasteiger charge is -2.30. The van der Waals surface area contributed by atoms with Crippen molar-refractivity contribution in [1.29, 1.82) is 0 Å². The fraction of sp³-hybridized carbons (Fsp3) is 0.640. The third kappa shape index (κ3) is 5.68. The number of carbonyl (C=O) groups is 1. The van der Waals surface area contributed by atoms with Gasteiger partial charge in [-0.05, 0) is 62.3 Å². The van der Waals surface area contributed by atoms with Crippen molar-refractivity contribution in [3.05, 3.63) is 35.2 Å². The lowest BCUT2D eigenvalue weighted by molar-refractivity contribution is -0.0322. The molecule has 7 heteroatoms. The Kier molecular flexibility index (Phi) is 7.45. The molecule has 2 fully saturated rings. The van der Waals surface area contributed by atoms with Crippen molar-refractivity contribution in [2.75, 3.05) is 37.8 Å². The van der Waals surface area contributed by atoms with E-state index in [1.807, 2.05) is 25.1 Å². The Balaban J connectivity index is 1.15. The Morgan fingerprint density at radius 3 is 2.62 bits per heavy atom. The van der Waals surface area contributed by atoms with Crippen LogP contribution in [-0.4, -0.2) is 48.8 Å². The molecule has 0 atom stereocenters. The highest BCUT2D eigenvalue weighted by Crippen LogP contribution is 2.27. The Hall–Kier alpha value is -2.41. The number of nitrogens with zero attached hydrogens (tertiary/aromatic N) is 3. The maximum absolute atomic E-state index is 12.4. The van der Waals surface area contributed by atoms with Crippen LogP contribution >= 0.6 is 0 Å². The first-order valence-electron chi connectivity index (χ1n) is 11.9. The van der Waals surface area contributed by atoms with Gasteiger partial charge in [-0.25, -0.2) is 0 Å². The van der Waals surface area contributed by atoms with E-state index < -0.39 is 0 Å². The standard InChI is InChI=1S/C25H35N3O4/c1-17(2)24-26-25(32-27-24)28-10-8-19(9-11-28)5-4-12-31-21-6-7-22(18(3)13-21)23(29)14-20-15-30-16-20/h6-7,13,17,19-20H,4-5,8-12,14-16H2,1-3H3. The molecule has 0 spiro atoms. The second-order valence-electron chi connectivity index (χ2n) is 9.52. The van der Waals surface area contributed by atoms with Crippen LogP contribution in [0.1, 0.15) is 73.6 Å². The largest absolute Gasteiger partial charge is 0.494 e. The number of aryl methyl sites for hydroxylation is 1. The first-order chi connectivity index (χ1) is 15.5. The van der Waals surface area contributed by atoms with Crippen molar-refractivity contribution in [2.45, 2.75) is 58.8 Å². The summed E-state index contributed by atoms with van der Waals surface area (Å²) >= 11 is 0.